The molecule has 0 saturated carbocycles. The number of hydrogen-bond acceptors (Lipinski definition) is 3. The summed E-state index contributed by atoms with van der Waals surface area (Å²) in [6.45, 7) is 0.226. The third kappa shape index (κ3) is 2.64. The van der Waals surface area contributed by atoms with Crippen molar-refractivity contribution in [3.8, 4) is 0 Å². The Balaban J connectivity index is 2.75. The second kappa shape index (κ2) is 4.93. The Morgan fingerprint density at radius 1 is 1.47 bits per heavy atom. The molecule has 0 aliphatic heterocycles. The van der Waals surface area contributed by atoms with Gasteiger partial charge in [-0.2, -0.15) is 13.2 Å². The Morgan fingerprint density at radius 2 is 2.16 bits per heavy atom. The average Bonchev–Trinajstić information content (AvgIpc) is 2.32. The van der Waals surface area contributed by atoms with Crippen molar-refractivity contribution < 1.29 is 17.9 Å². The van der Waals surface area contributed by atoms with Gasteiger partial charge in [-0.15, -0.1) is 0 Å². The molecular weight excluding hydrogens is 329 g/mol. The van der Waals surface area contributed by atoms with Crippen LogP contribution < -0.4 is 5.56 Å². The quantitative estimate of drug-likeness (QED) is 0.846. The topological polar surface area (TPSA) is 43.6 Å². The molecule has 102 valence electrons. The van der Waals surface area contributed by atoms with E-state index in [0.717, 1.165) is 4.40 Å². The average molecular weight is 337 g/mol. The number of fused-ring (bicyclic) bond motifs is 1. The highest BCUT2D eigenvalue weighted by atomic mass is 79.9. The number of hydrogen-bond donors (Lipinski definition) is 0. The second-order valence-corrected chi connectivity index (χ2v) is 4.57. The molecule has 0 aromatic carbocycles. The van der Waals surface area contributed by atoms with Crippen molar-refractivity contribution in [2.75, 3.05) is 7.11 Å². The first kappa shape index (κ1) is 14.0. The van der Waals surface area contributed by atoms with E-state index in [-0.39, 0.29) is 12.3 Å². The molecule has 0 atom stereocenters. The van der Waals surface area contributed by atoms with E-state index in [9.17, 15) is 18.0 Å². The van der Waals surface area contributed by atoms with Gasteiger partial charge < -0.3 is 4.74 Å². The van der Waals surface area contributed by atoms with Crippen LogP contribution in [0.4, 0.5) is 13.2 Å². The molecule has 8 heteroatoms. The van der Waals surface area contributed by atoms with Gasteiger partial charge in [-0.1, -0.05) is 0 Å². The standard InChI is InChI=1S/C11H8BrF3N2O2/c1-19-5-6-2-3-17-7(4-6)16-9(11(13,14)15)8(12)10(17)18/h2-4H,5H2,1H3. The molecule has 4 nitrogen and oxygen atoms in total. The maximum absolute atomic E-state index is 12.7. The van der Waals surface area contributed by atoms with Crippen molar-refractivity contribution in [3.05, 3.63) is 44.4 Å². The van der Waals surface area contributed by atoms with Crippen LogP contribution in [0, 0.1) is 0 Å². The highest BCUT2D eigenvalue weighted by molar-refractivity contribution is 9.10. The van der Waals surface area contributed by atoms with Crippen LogP contribution in [0.5, 0.6) is 0 Å². The Labute approximate surface area is 114 Å². The number of methoxy groups -OCH3 is 1. The van der Waals surface area contributed by atoms with E-state index < -0.39 is 21.9 Å². The molecule has 0 saturated heterocycles. The highest BCUT2D eigenvalue weighted by Gasteiger charge is 2.36. The third-order valence-electron chi connectivity index (χ3n) is 2.42. The first-order valence-electron chi connectivity index (χ1n) is 5.11. The van der Waals surface area contributed by atoms with Gasteiger partial charge in [0.1, 0.15) is 10.1 Å². The molecule has 0 amide bonds. The van der Waals surface area contributed by atoms with E-state index in [1.54, 1.807) is 6.07 Å². The number of halogens is 4. The molecule has 2 heterocycles. The number of rotatable bonds is 2. The summed E-state index contributed by atoms with van der Waals surface area (Å²) in [5.74, 6) is 0. The number of aromatic nitrogens is 2. The maximum Gasteiger partial charge on any atom is 0.434 e. The van der Waals surface area contributed by atoms with Crippen molar-refractivity contribution in [2.24, 2.45) is 0 Å². The number of nitrogens with zero attached hydrogens (tertiary/aromatic N) is 2. The number of pyridine rings is 1. The van der Waals surface area contributed by atoms with Gasteiger partial charge in [-0.05, 0) is 33.6 Å². The first-order valence-corrected chi connectivity index (χ1v) is 5.91. The van der Waals surface area contributed by atoms with Crippen molar-refractivity contribution >= 4 is 21.6 Å². The van der Waals surface area contributed by atoms with Gasteiger partial charge in [0.2, 0.25) is 0 Å². The molecule has 0 N–H and O–H groups in total. The van der Waals surface area contributed by atoms with Crippen LogP contribution in [0.15, 0.2) is 27.6 Å². The van der Waals surface area contributed by atoms with E-state index >= 15 is 0 Å². The second-order valence-electron chi connectivity index (χ2n) is 3.77. The van der Waals surface area contributed by atoms with Crippen LogP contribution in [0.3, 0.4) is 0 Å². The summed E-state index contributed by atoms with van der Waals surface area (Å²) in [7, 11) is 1.46. The highest BCUT2D eigenvalue weighted by Crippen LogP contribution is 2.31. The number of alkyl halides is 3. The minimum atomic E-state index is -4.69. The van der Waals surface area contributed by atoms with Crippen LogP contribution >= 0.6 is 15.9 Å². The molecule has 0 fully saturated rings. The molecule has 0 spiro atoms. The van der Waals surface area contributed by atoms with Crippen molar-refractivity contribution in [2.45, 2.75) is 12.8 Å². The summed E-state index contributed by atoms with van der Waals surface area (Å²) in [5.41, 5.74) is -1.48. The zero-order valence-corrected chi connectivity index (χ0v) is 11.2. The van der Waals surface area contributed by atoms with E-state index in [2.05, 4.69) is 20.9 Å². The van der Waals surface area contributed by atoms with Gasteiger partial charge in [0, 0.05) is 13.3 Å². The van der Waals surface area contributed by atoms with E-state index in [1.807, 2.05) is 0 Å². The monoisotopic (exact) mass is 336 g/mol. The first-order chi connectivity index (χ1) is 8.84. The van der Waals surface area contributed by atoms with Gasteiger partial charge in [-0.25, -0.2) is 4.98 Å². The molecule has 2 rings (SSSR count). The predicted octanol–water partition coefficient (Wildman–Crippen LogP) is 2.62. The van der Waals surface area contributed by atoms with Crippen LogP contribution in [-0.2, 0) is 17.5 Å². The minimum absolute atomic E-state index is 0.0740. The third-order valence-corrected chi connectivity index (χ3v) is 3.13. The van der Waals surface area contributed by atoms with Crippen LogP contribution in [0.25, 0.3) is 5.65 Å². The van der Waals surface area contributed by atoms with Gasteiger partial charge >= 0.3 is 6.18 Å². The Kier molecular flexibility index (Phi) is 3.64. The summed E-state index contributed by atoms with van der Waals surface area (Å²) >= 11 is 2.65. The van der Waals surface area contributed by atoms with Crippen LogP contribution in [0.1, 0.15) is 11.3 Å². The van der Waals surface area contributed by atoms with Gasteiger partial charge in [0.05, 0.1) is 6.61 Å². The van der Waals surface area contributed by atoms with Crippen molar-refractivity contribution in [1.29, 1.82) is 0 Å². The SMILES string of the molecule is COCc1ccn2c(=O)c(Br)c(C(F)(F)F)nc2c1. The van der Waals surface area contributed by atoms with Crippen LogP contribution in [-0.4, -0.2) is 16.5 Å². The van der Waals surface area contributed by atoms with Crippen molar-refractivity contribution in [1.82, 2.24) is 9.38 Å². The number of ether oxygens (including phenoxy) is 1. The fraction of sp³-hybridized carbons (Fsp3) is 0.273. The fourth-order valence-electron chi connectivity index (χ4n) is 1.60. The van der Waals surface area contributed by atoms with Gasteiger partial charge in [-0.3, -0.25) is 9.20 Å². The molecule has 2 aromatic rings. The Bertz CT molecular complexity index is 682. The summed E-state index contributed by atoms with van der Waals surface area (Å²) in [5, 5.41) is 0. The normalized spacial score (nSPS) is 12.1. The molecular formula is C11H8BrF3N2O2. The van der Waals surface area contributed by atoms with Gasteiger partial charge in [0.15, 0.2) is 5.69 Å². The lowest BCUT2D eigenvalue weighted by molar-refractivity contribution is -0.141. The maximum atomic E-state index is 12.7. The smallest absolute Gasteiger partial charge is 0.380 e. The molecule has 19 heavy (non-hydrogen) atoms. The lowest BCUT2D eigenvalue weighted by Crippen LogP contribution is -2.22. The van der Waals surface area contributed by atoms with E-state index in [0.29, 0.717) is 5.56 Å². The predicted molar refractivity (Wildman–Crippen MR) is 64.9 cm³/mol. The molecule has 0 aliphatic rings. The lowest BCUT2D eigenvalue weighted by Gasteiger charge is -2.10. The zero-order valence-electron chi connectivity index (χ0n) is 9.66. The lowest BCUT2D eigenvalue weighted by atomic mass is 10.2. The van der Waals surface area contributed by atoms with E-state index in [1.165, 1.54) is 19.4 Å². The summed E-state index contributed by atoms with van der Waals surface area (Å²) < 4.78 is 43.5. The van der Waals surface area contributed by atoms with E-state index in [4.69, 9.17) is 4.74 Å². The summed E-state index contributed by atoms with van der Waals surface area (Å²) in [6.07, 6.45) is -3.33. The molecule has 0 radical (unpaired) electrons. The Morgan fingerprint density at radius 3 is 2.74 bits per heavy atom. The minimum Gasteiger partial charge on any atom is -0.380 e. The summed E-state index contributed by atoms with van der Waals surface area (Å²) in [6, 6.07) is 2.96. The molecule has 0 unspecified atom stereocenters. The zero-order chi connectivity index (χ0) is 14.2. The largest absolute Gasteiger partial charge is 0.434 e. The summed E-state index contributed by atoms with van der Waals surface area (Å²) in [4.78, 5) is 15.3. The van der Waals surface area contributed by atoms with Crippen molar-refractivity contribution in [3.63, 3.8) is 0 Å². The molecule has 0 bridgehead atoms. The Hall–Kier alpha value is -1.41. The molecule has 0 aliphatic carbocycles. The fourth-order valence-corrected chi connectivity index (χ4v) is 2.11. The molecule has 2 aromatic heterocycles. The van der Waals surface area contributed by atoms with Crippen LogP contribution in [0.2, 0.25) is 0 Å². The van der Waals surface area contributed by atoms with Gasteiger partial charge in [0.25, 0.3) is 5.56 Å².